The van der Waals surface area contributed by atoms with Crippen molar-refractivity contribution in [2.45, 2.75) is 26.9 Å². The average Bonchev–Trinajstić information content (AvgIpc) is 2.64. The molecule has 2 aromatic rings. The minimum atomic E-state index is -0.739. The Balaban J connectivity index is 2.06. The van der Waals surface area contributed by atoms with Gasteiger partial charge < -0.3 is 15.0 Å². The molecule has 5 nitrogen and oxygen atoms in total. The lowest BCUT2D eigenvalue weighted by molar-refractivity contribution is -0.122. The maximum Gasteiger partial charge on any atom is 0.265 e. The number of hydrogen-bond acceptors (Lipinski definition) is 3. The van der Waals surface area contributed by atoms with E-state index in [2.05, 4.69) is 5.32 Å². The molecule has 0 saturated heterocycles. The largest absolute Gasteiger partial charge is 0.479 e. The van der Waals surface area contributed by atoms with Gasteiger partial charge in [-0.3, -0.25) is 9.59 Å². The van der Waals surface area contributed by atoms with E-state index in [0.29, 0.717) is 35.1 Å². The lowest BCUT2D eigenvalue weighted by Gasteiger charge is -2.19. The Kier molecular flexibility index (Phi) is 7.04. The van der Waals surface area contributed by atoms with Gasteiger partial charge in [0.25, 0.3) is 11.8 Å². The van der Waals surface area contributed by atoms with Gasteiger partial charge in [-0.1, -0.05) is 29.8 Å². The Hall–Kier alpha value is -2.53. The predicted molar refractivity (Wildman–Crippen MR) is 104 cm³/mol. The van der Waals surface area contributed by atoms with Gasteiger partial charge in [-0.15, -0.1) is 0 Å². The lowest BCUT2D eigenvalue weighted by atomic mass is 10.1. The summed E-state index contributed by atoms with van der Waals surface area (Å²) in [6.45, 7) is 6.77. The Bertz CT molecular complexity index is 775. The topological polar surface area (TPSA) is 58.6 Å². The third kappa shape index (κ3) is 4.99. The summed E-state index contributed by atoms with van der Waals surface area (Å²) in [4.78, 5) is 26.5. The van der Waals surface area contributed by atoms with Gasteiger partial charge in [0.05, 0.1) is 5.02 Å². The minimum Gasteiger partial charge on any atom is -0.479 e. The van der Waals surface area contributed by atoms with E-state index in [1.807, 2.05) is 13.8 Å². The number of para-hydroxylation sites is 1. The molecule has 1 N–H and O–H groups in total. The Morgan fingerprint density at radius 2 is 1.81 bits per heavy atom. The summed E-state index contributed by atoms with van der Waals surface area (Å²) in [5.41, 5.74) is 1.08. The smallest absolute Gasteiger partial charge is 0.265 e. The molecule has 0 aromatic heterocycles. The number of ether oxygens (including phenoxy) is 1. The highest BCUT2D eigenvalue weighted by molar-refractivity contribution is 6.32. The molecule has 0 aliphatic rings. The zero-order valence-corrected chi connectivity index (χ0v) is 15.9. The first-order valence-corrected chi connectivity index (χ1v) is 8.95. The first kappa shape index (κ1) is 19.8. The maximum absolute atomic E-state index is 12.4. The van der Waals surface area contributed by atoms with Gasteiger partial charge in [0.15, 0.2) is 6.10 Å². The summed E-state index contributed by atoms with van der Waals surface area (Å²) in [6.07, 6.45) is -0.739. The number of carbonyl (C=O) groups is 2. The van der Waals surface area contributed by atoms with Crippen LogP contribution in [0.4, 0.5) is 5.69 Å². The van der Waals surface area contributed by atoms with E-state index in [-0.39, 0.29) is 11.8 Å². The SMILES string of the molecule is CCN(CC)C(=O)c1cccc(NC(=O)C(C)Oc2ccccc2Cl)c1. The molecule has 1 unspecified atom stereocenters. The second kappa shape index (κ2) is 9.25. The molecule has 0 fully saturated rings. The standard InChI is InChI=1S/C20H23ClN2O3/c1-4-23(5-2)20(25)15-9-8-10-16(13-15)22-19(24)14(3)26-18-12-7-6-11-17(18)21/h6-14H,4-5H2,1-3H3,(H,22,24). The van der Waals surface area contributed by atoms with Crippen molar-refractivity contribution in [2.24, 2.45) is 0 Å². The van der Waals surface area contributed by atoms with E-state index < -0.39 is 6.10 Å². The summed E-state index contributed by atoms with van der Waals surface area (Å²) >= 11 is 6.05. The number of hydrogen-bond donors (Lipinski definition) is 1. The molecule has 0 spiro atoms. The molecule has 0 radical (unpaired) electrons. The number of amides is 2. The second-order valence-electron chi connectivity index (χ2n) is 5.74. The van der Waals surface area contributed by atoms with Crippen LogP contribution in [0.2, 0.25) is 5.02 Å². The summed E-state index contributed by atoms with van der Waals surface area (Å²) in [5, 5.41) is 3.22. The quantitative estimate of drug-likeness (QED) is 0.789. The van der Waals surface area contributed by atoms with Gasteiger partial charge in [0, 0.05) is 24.3 Å². The van der Waals surface area contributed by atoms with Crippen LogP contribution in [0.3, 0.4) is 0 Å². The van der Waals surface area contributed by atoms with Crippen LogP contribution in [0.25, 0.3) is 0 Å². The van der Waals surface area contributed by atoms with Crippen LogP contribution in [0.1, 0.15) is 31.1 Å². The van der Waals surface area contributed by atoms with Crippen LogP contribution in [0.5, 0.6) is 5.75 Å². The summed E-state index contributed by atoms with van der Waals surface area (Å²) in [7, 11) is 0. The highest BCUT2D eigenvalue weighted by Crippen LogP contribution is 2.24. The molecule has 0 heterocycles. The highest BCUT2D eigenvalue weighted by atomic mass is 35.5. The van der Waals surface area contributed by atoms with Crippen LogP contribution < -0.4 is 10.1 Å². The fourth-order valence-electron chi connectivity index (χ4n) is 2.45. The number of rotatable bonds is 7. The number of nitrogens with zero attached hydrogens (tertiary/aromatic N) is 1. The molecule has 0 aliphatic carbocycles. The minimum absolute atomic E-state index is 0.0635. The summed E-state index contributed by atoms with van der Waals surface area (Å²) in [5.74, 6) is 0.0612. The number of carbonyl (C=O) groups excluding carboxylic acids is 2. The third-order valence-electron chi connectivity index (χ3n) is 3.94. The van der Waals surface area contributed by atoms with Gasteiger partial charge in [-0.2, -0.15) is 0 Å². The summed E-state index contributed by atoms with van der Waals surface area (Å²) in [6, 6.07) is 13.9. The van der Waals surface area contributed by atoms with Crippen molar-refractivity contribution in [2.75, 3.05) is 18.4 Å². The molecular weight excluding hydrogens is 352 g/mol. The second-order valence-corrected chi connectivity index (χ2v) is 6.15. The molecule has 2 amide bonds. The maximum atomic E-state index is 12.4. The van der Waals surface area contributed by atoms with E-state index in [0.717, 1.165) is 0 Å². The zero-order chi connectivity index (χ0) is 19.1. The van der Waals surface area contributed by atoms with Gasteiger partial charge >= 0.3 is 0 Å². The van der Waals surface area contributed by atoms with Crippen molar-refractivity contribution in [3.63, 3.8) is 0 Å². The lowest BCUT2D eigenvalue weighted by Crippen LogP contribution is -2.31. The first-order valence-electron chi connectivity index (χ1n) is 8.57. The van der Waals surface area contributed by atoms with Gasteiger partial charge in [-0.25, -0.2) is 0 Å². The number of anilines is 1. The molecule has 6 heteroatoms. The molecule has 0 saturated carbocycles. The van der Waals surface area contributed by atoms with Gasteiger partial charge in [0.1, 0.15) is 5.75 Å². The van der Waals surface area contributed by atoms with Crippen molar-refractivity contribution < 1.29 is 14.3 Å². The van der Waals surface area contributed by atoms with Crippen molar-refractivity contribution in [3.05, 3.63) is 59.1 Å². The van der Waals surface area contributed by atoms with Crippen LogP contribution in [0.15, 0.2) is 48.5 Å². The first-order chi connectivity index (χ1) is 12.5. The van der Waals surface area contributed by atoms with Crippen molar-refractivity contribution in [1.82, 2.24) is 4.90 Å². The number of nitrogens with one attached hydrogen (secondary N) is 1. The molecule has 138 valence electrons. The predicted octanol–water partition coefficient (Wildman–Crippen LogP) is 4.23. The van der Waals surface area contributed by atoms with Crippen LogP contribution in [-0.2, 0) is 4.79 Å². The monoisotopic (exact) mass is 374 g/mol. The normalized spacial score (nSPS) is 11.5. The van der Waals surface area contributed by atoms with Crippen LogP contribution in [-0.4, -0.2) is 35.9 Å². The Morgan fingerprint density at radius 3 is 2.46 bits per heavy atom. The van der Waals surface area contributed by atoms with Crippen molar-refractivity contribution in [3.8, 4) is 5.75 Å². The summed E-state index contributed by atoms with van der Waals surface area (Å²) < 4.78 is 5.61. The number of benzene rings is 2. The zero-order valence-electron chi connectivity index (χ0n) is 15.2. The van der Waals surface area contributed by atoms with E-state index in [4.69, 9.17) is 16.3 Å². The van der Waals surface area contributed by atoms with Crippen molar-refractivity contribution >= 4 is 29.1 Å². The van der Waals surface area contributed by atoms with E-state index in [1.165, 1.54) is 0 Å². The molecule has 2 rings (SSSR count). The Labute approximate surface area is 158 Å². The van der Waals surface area contributed by atoms with Crippen LogP contribution >= 0.6 is 11.6 Å². The average molecular weight is 375 g/mol. The van der Waals surface area contributed by atoms with E-state index in [1.54, 1.807) is 60.4 Å². The van der Waals surface area contributed by atoms with E-state index >= 15 is 0 Å². The fraction of sp³-hybridized carbons (Fsp3) is 0.300. The third-order valence-corrected chi connectivity index (χ3v) is 4.25. The van der Waals surface area contributed by atoms with Crippen LogP contribution in [0, 0.1) is 0 Å². The fourth-order valence-corrected chi connectivity index (χ4v) is 2.63. The Morgan fingerprint density at radius 1 is 1.12 bits per heavy atom. The van der Waals surface area contributed by atoms with Crippen molar-refractivity contribution in [1.29, 1.82) is 0 Å². The van der Waals surface area contributed by atoms with Gasteiger partial charge in [-0.05, 0) is 51.1 Å². The van der Waals surface area contributed by atoms with E-state index in [9.17, 15) is 9.59 Å². The molecule has 2 aromatic carbocycles. The molecule has 1 atom stereocenters. The molecule has 0 bridgehead atoms. The highest BCUT2D eigenvalue weighted by Gasteiger charge is 2.17. The number of halogens is 1. The molecule has 26 heavy (non-hydrogen) atoms. The molecule has 0 aliphatic heterocycles. The van der Waals surface area contributed by atoms with Gasteiger partial charge in [0.2, 0.25) is 0 Å². The molecular formula is C20H23ClN2O3.